The Balaban J connectivity index is 1.65. The molecule has 37 heavy (non-hydrogen) atoms. The molecule has 4 aromatic carbocycles. The van der Waals surface area contributed by atoms with E-state index in [2.05, 4.69) is 130 Å². The highest BCUT2D eigenvalue weighted by atomic mass is 14.9. The van der Waals surface area contributed by atoms with Crippen LogP contribution in [0.5, 0.6) is 0 Å². The molecule has 1 aliphatic rings. The summed E-state index contributed by atoms with van der Waals surface area (Å²) in [6.07, 6.45) is 6.24. The van der Waals surface area contributed by atoms with Crippen molar-refractivity contribution in [1.29, 1.82) is 5.41 Å². The molecule has 2 heteroatoms. The third kappa shape index (κ3) is 4.71. The van der Waals surface area contributed by atoms with Crippen molar-refractivity contribution in [3.05, 3.63) is 154 Å². The van der Waals surface area contributed by atoms with Gasteiger partial charge in [0.15, 0.2) is 0 Å². The van der Waals surface area contributed by atoms with Crippen LogP contribution in [-0.2, 0) is 0 Å². The molecule has 0 unspecified atom stereocenters. The lowest BCUT2D eigenvalue weighted by molar-refractivity contribution is 1.35. The first kappa shape index (κ1) is 24.3. The second-order valence-corrected chi connectivity index (χ2v) is 9.67. The highest BCUT2D eigenvalue weighted by Crippen LogP contribution is 2.36. The third-order valence-electron chi connectivity index (χ3n) is 7.10. The Morgan fingerprint density at radius 2 is 1.24 bits per heavy atom. The second-order valence-electron chi connectivity index (χ2n) is 9.67. The number of hydrogen-bond acceptors (Lipinski definition) is 2. The lowest BCUT2D eigenvalue weighted by Crippen LogP contribution is -2.11. The summed E-state index contributed by atoms with van der Waals surface area (Å²) in [4.78, 5) is 0. The van der Waals surface area contributed by atoms with E-state index in [-0.39, 0.29) is 0 Å². The molecular formula is C35H32N2. The van der Waals surface area contributed by atoms with Crippen LogP contribution in [0.4, 0.5) is 5.69 Å². The fourth-order valence-corrected chi connectivity index (χ4v) is 5.20. The Kier molecular flexibility index (Phi) is 6.74. The second kappa shape index (κ2) is 10.3. The van der Waals surface area contributed by atoms with Gasteiger partial charge in [-0.3, -0.25) is 5.41 Å². The molecule has 0 spiro atoms. The Hall–Kier alpha value is -4.43. The van der Waals surface area contributed by atoms with Crippen LogP contribution in [0, 0.1) is 33.1 Å². The number of rotatable bonds is 6. The van der Waals surface area contributed by atoms with E-state index in [0.29, 0.717) is 5.71 Å². The minimum atomic E-state index is 0.523. The molecule has 0 atom stereocenters. The minimum absolute atomic E-state index is 0.523. The number of allylic oxidation sites excluding steroid dienone is 5. The van der Waals surface area contributed by atoms with Gasteiger partial charge in [-0.25, -0.2) is 0 Å². The maximum atomic E-state index is 9.44. The van der Waals surface area contributed by atoms with Crippen molar-refractivity contribution in [1.82, 2.24) is 0 Å². The average molecular weight is 481 g/mol. The molecule has 0 saturated carbocycles. The summed E-state index contributed by atoms with van der Waals surface area (Å²) in [5.41, 5.74) is 13.7. The van der Waals surface area contributed by atoms with Crippen LogP contribution < -0.4 is 5.32 Å². The van der Waals surface area contributed by atoms with Gasteiger partial charge in [0.1, 0.15) is 0 Å². The molecule has 182 valence electrons. The number of benzene rings is 4. The number of para-hydroxylation sites is 1. The van der Waals surface area contributed by atoms with Crippen LogP contribution >= 0.6 is 0 Å². The van der Waals surface area contributed by atoms with E-state index in [0.717, 1.165) is 39.2 Å². The predicted octanol–water partition coefficient (Wildman–Crippen LogP) is 8.97. The highest BCUT2D eigenvalue weighted by Gasteiger charge is 2.22. The Labute approximate surface area is 220 Å². The summed E-state index contributed by atoms with van der Waals surface area (Å²) >= 11 is 0. The van der Waals surface area contributed by atoms with E-state index in [1.807, 2.05) is 12.1 Å². The summed E-state index contributed by atoms with van der Waals surface area (Å²) in [5.74, 6) is 0. The fourth-order valence-electron chi connectivity index (χ4n) is 5.20. The quantitative estimate of drug-likeness (QED) is 0.265. The Morgan fingerprint density at radius 1 is 0.649 bits per heavy atom. The van der Waals surface area contributed by atoms with Gasteiger partial charge in [-0.15, -0.1) is 0 Å². The van der Waals surface area contributed by atoms with Crippen LogP contribution in [0.15, 0.2) is 120 Å². The maximum absolute atomic E-state index is 9.44. The van der Waals surface area contributed by atoms with Crippen molar-refractivity contribution in [2.45, 2.75) is 27.7 Å². The van der Waals surface area contributed by atoms with E-state index >= 15 is 0 Å². The maximum Gasteiger partial charge on any atom is 0.0697 e. The van der Waals surface area contributed by atoms with Gasteiger partial charge in [0.2, 0.25) is 0 Å². The number of anilines is 1. The number of hydrogen-bond donors (Lipinski definition) is 2. The molecule has 0 radical (unpaired) electrons. The first-order chi connectivity index (χ1) is 18.0. The Bertz CT molecular complexity index is 1540. The lowest BCUT2D eigenvalue weighted by Gasteiger charge is -2.21. The van der Waals surface area contributed by atoms with Crippen LogP contribution in [0.1, 0.15) is 33.4 Å². The van der Waals surface area contributed by atoms with Crippen molar-refractivity contribution in [3.8, 4) is 11.1 Å². The van der Waals surface area contributed by atoms with Gasteiger partial charge in [0, 0.05) is 22.4 Å². The van der Waals surface area contributed by atoms with Crippen LogP contribution in [0.3, 0.4) is 0 Å². The van der Waals surface area contributed by atoms with Crippen LogP contribution in [0.2, 0.25) is 0 Å². The molecular weight excluding hydrogens is 448 g/mol. The van der Waals surface area contributed by atoms with Crippen molar-refractivity contribution < 1.29 is 0 Å². The van der Waals surface area contributed by atoms with Crippen molar-refractivity contribution in [3.63, 3.8) is 0 Å². The molecule has 0 saturated heterocycles. The summed E-state index contributed by atoms with van der Waals surface area (Å²) in [6, 6.07) is 31.4. The largest absolute Gasteiger partial charge is 0.354 e. The van der Waals surface area contributed by atoms with Gasteiger partial charge in [-0.2, -0.15) is 0 Å². The number of aryl methyl sites for hydroxylation is 4. The average Bonchev–Trinajstić information content (AvgIpc) is 3.38. The van der Waals surface area contributed by atoms with Crippen molar-refractivity contribution >= 4 is 17.1 Å². The predicted molar refractivity (Wildman–Crippen MR) is 158 cm³/mol. The van der Waals surface area contributed by atoms with Gasteiger partial charge in [0.25, 0.3) is 0 Å². The first-order valence-electron chi connectivity index (χ1n) is 12.7. The molecule has 0 amide bonds. The fraction of sp³-hybridized carbons (Fsp3) is 0.114. The summed E-state index contributed by atoms with van der Waals surface area (Å²) in [7, 11) is 0. The summed E-state index contributed by atoms with van der Waals surface area (Å²) in [6.45, 7) is 8.55. The molecule has 2 nitrogen and oxygen atoms in total. The SMILES string of the molecule is Cc1cccc(C)c1NC(=C1C=CC=C1C(=N)c1ccccc1-c1c(C)cccc1C)c1ccccc1. The van der Waals surface area contributed by atoms with Crippen molar-refractivity contribution in [2.75, 3.05) is 5.32 Å². The van der Waals surface area contributed by atoms with Gasteiger partial charge >= 0.3 is 0 Å². The lowest BCUT2D eigenvalue weighted by atomic mass is 9.87. The van der Waals surface area contributed by atoms with Crippen LogP contribution in [0.25, 0.3) is 16.8 Å². The summed E-state index contributed by atoms with van der Waals surface area (Å²) < 4.78 is 0. The normalized spacial score (nSPS) is 13.9. The smallest absolute Gasteiger partial charge is 0.0697 e. The standard InChI is InChI=1S/C35H32N2/c1-23-13-10-14-24(2)32(23)28-19-8-9-20-29(28)33(36)30-21-12-22-31(30)35(27-17-6-5-7-18-27)37-34-25(3)15-11-16-26(34)4/h5-22,36-37H,1-4H3. The molecule has 0 heterocycles. The molecule has 4 aromatic rings. The van der Waals surface area contributed by atoms with Gasteiger partial charge < -0.3 is 5.32 Å². The van der Waals surface area contributed by atoms with Gasteiger partial charge in [0.05, 0.1) is 11.4 Å². The first-order valence-corrected chi connectivity index (χ1v) is 12.7. The molecule has 2 N–H and O–H groups in total. The molecule has 0 fully saturated rings. The third-order valence-corrected chi connectivity index (χ3v) is 7.10. The van der Waals surface area contributed by atoms with E-state index < -0.39 is 0 Å². The Morgan fingerprint density at radius 3 is 1.92 bits per heavy atom. The highest BCUT2D eigenvalue weighted by molar-refractivity contribution is 6.19. The zero-order chi connectivity index (χ0) is 25.9. The minimum Gasteiger partial charge on any atom is -0.354 e. The van der Waals surface area contributed by atoms with Gasteiger partial charge in [-0.1, -0.05) is 109 Å². The molecule has 1 aliphatic carbocycles. The number of nitrogens with one attached hydrogen (secondary N) is 2. The van der Waals surface area contributed by atoms with E-state index in [1.54, 1.807) is 0 Å². The zero-order valence-corrected chi connectivity index (χ0v) is 21.9. The molecule has 0 aromatic heterocycles. The topological polar surface area (TPSA) is 35.9 Å². The van der Waals surface area contributed by atoms with Gasteiger partial charge in [-0.05, 0) is 66.6 Å². The van der Waals surface area contributed by atoms with E-state index in [4.69, 9.17) is 0 Å². The monoisotopic (exact) mass is 480 g/mol. The molecule has 5 rings (SSSR count). The van der Waals surface area contributed by atoms with Crippen molar-refractivity contribution in [2.24, 2.45) is 0 Å². The van der Waals surface area contributed by atoms with E-state index in [9.17, 15) is 5.41 Å². The summed E-state index contributed by atoms with van der Waals surface area (Å²) in [5, 5.41) is 13.2. The zero-order valence-electron chi connectivity index (χ0n) is 21.9. The van der Waals surface area contributed by atoms with Crippen LogP contribution in [-0.4, -0.2) is 5.71 Å². The molecule has 0 aliphatic heterocycles. The van der Waals surface area contributed by atoms with E-state index in [1.165, 1.54) is 27.8 Å². The molecule has 0 bridgehead atoms.